The summed E-state index contributed by atoms with van der Waals surface area (Å²) in [6.07, 6.45) is 2.41. The van der Waals surface area contributed by atoms with E-state index in [1.165, 1.54) is 37.1 Å². The van der Waals surface area contributed by atoms with E-state index in [0.29, 0.717) is 0 Å². The van der Waals surface area contributed by atoms with Crippen molar-refractivity contribution in [1.82, 2.24) is 15.1 Å². The number of benzene rings is 1. The Balaban J connectivity index is 1.91. The number of fused-ring (bicyclic) bond motifs is 1. The Morgan fingerprint density at radius 3 is 2.79 bits per heavy atom. The molecule has 0 aromatic heterocycles. The van der Waals surface area contributed by atoms with E-state index >= 15 is 0 Å². The number of rotatable bonds is 6. The first-order chi connectivity index (χ1) is 9.16. The van der Waals surface area contributed by atoms with Crippen LogP contribution in [0.2, 0.25) is 0 Å². The fourth-order valence-electron chi connectivity index (χ4n) is 2.79. The summed E-state index contributed by atoms with van der Waals surface area (Å²) in [4.78, 5) is 4.70. The quantitative estimate of drug-likeness (QED) is 0.841. The van der Waals surface area contributed by atoms with Crippen LogP contribution in [-0.4, -0.2) is 50.6 Å². The van der Waals surface area contributed by atoms with Crippen LogP contribution >= 0.6 is 0 Å². The average Bonchev–Trinajstić information content (AvgIpc) is 2.39. The summed E-state index contributed by atoms with van der Waals surface area (Å²) < 4.78 is 0. The molecule has 1 heterocycles. The summed E-state index contributed by atoms with van der Waals surface area (Å²) in [6.45, 7) is 5.57. The number of nitrogens with one attached hydrogen (secondary N) is 1. The molecule has 0 amide bonds. The zero-order chi connectivity index (χ0) is 13.7. The van der Waals surface area contributed by atoms with Crippen molar-refractivity contribution in [3.8, 4) is 0 Å². The molecule has 0 radical (unpaired) electrons. The molecular weight excluding hydrogens is 234 g/mol. The van der Waals surface area contributed by atoms with Gasteiger partial charge in [-0.2, -0.15) is 0 Å². The summed E-state index contributed by atoms with van der Waals surface area (Å²) >= 11 is 0. The zero-order valence-corrected chi connectivity index (χ0v) is 12.6. The van der Waals surface area contributed by atoms with Crippen LogP contribution in [0, 0.1) is 0 Å². The van der Waals surface area contributed by atoms with E-state index in [-0.39, 0.29) is 0 Å². The van der Waals surface area contributed by atoms with Crippen LogP contribution in [0.25, 0.3) is 0 Å². The van der Waals surface area contributed by atoms with Crippen LogP contribution in [-0.2, 0) is 19.5 Å². The molecule has 1 aromatic carbocycles. The molecule has 1 aromatic rings. The maximum absolute atomic E-state index is 3.45. The van der Waals surface area contributed by atoms with Crippen molar-refractivity contribution in [3.63, 3.8) is 0 Å². The maximum atomic E-state index is 3.45. The van der Waals surface area contributed by atoms with Crippen LogP contribution in [0.15, 0.2) is 18.2 Å². The molecule has 3 heteroatoms. The molecule has 1 aliphatic rings. The Morgan fingerprint density at radius 1 is 1.16 bits per heavy atom. The Bertz CT molecular complexity index is 401. The third kappa shape index (κ3) is 4.30. The van der Waals surface area contributed by atoms with Crippen molar-refractivity contribution < 1.29 is 0 Å². The van der Waals surface area contributed by atoms with E-state index in [1.807, 2.05) is 0 Å². The van der Waals surface area contributed by atoms with Crippen molar-refractivity contribution >= 4 is 0 Å². The second kappa shape index (κ2) is 7.04. The van der Waals surface area contributed by atoms with Crippen LogP contribution in [0.3, 0.4) is 0 Å². The Morgan fingerprint density at radius 2 is 2.00 bits per heavy atom. The fourth-order valence-corrected chi connectivity index (χ4v) is 2.79. The van der Waals surface area contributed by atoms with E-state index in [9.17, 15) is 0 Å². The molecule has 0 spiro atoms. The van der Waals surface area contributed by atoms with Gasteiger partial charge in [-0.25, -0.2) is 0 Å². The molecule has 3 nitrogen and oxygen atoms in total. The van der Waals surface area contributed by atoms with Crippen molar-refractivity contribution in [2.24, 2.45) is 0 Å². The summed E-state index contributed by atoms with van der Waals surface area (Å²) in [5, 5.41) is 3.45. The van der Waals surface area contributed by atoms with Gasteiger partial charge in [-0.1, -0.05) is 18.2 Å². The number of hydrogen-bond acceptors (Lipinski definition) is 3. The minimum absolute atomic E-state index is 1.04. The molecule has 0 saturated carbocycles. The SMILES string of the molecule is CN(C)CCCN(C)Cc1cccc2c1CCNC2. The first kappa shape index (κ1) is 14.5. The van der Waals surface area contributed by atoms with Gasteiger partial charge in [0.1, 0.15) is 0 Å². The van der Waals surface area contributed by atoms with Gasteiger partial charge in [0.15, 0.2) is 0 Å². The van der Waals surface area contributed by atoms with Gasteiger partial charge in [-0.05, 0) is 70.3 Å². The lowest BCUT2D eigenvalue weighted by molar-refractivity contribution is 0.293. The summed E-state index contributed by atoms with van der Waals surface area (Å²) in [7, 11) is 6.51. The van der Waals surface area contributed by atoms with Gasteiger partial charge in [0, 0.05) is 13.1 Å². The normalized spacial score (nSPS) is 15.0. The number of nitrogens with zero attached hydrogens (tertiary/aromatic N) is 2. The summed E-state index contributed by atoms with van der Waals surface area (Å²) in [5.74, 6) is 0. The molecule has 19 heavy (non-hydrogen) atoms. The highest BCUT2D eigenvalue weighted by atomic mass is 15.1. The van der Waals surface area contributed by atoms with Crippen LogP contribution in [0.4, 0.5) is 0 Å². The summed E-state index contributed by atoms with van der Waals surface area (Å²) in [6, 6.07) is 6.76. The van der Waals surface area contributed by atoms with E-state index in [0.717, 1.165) is 19.6 Å². The average molecular weight is 261 g/mol. The minimum atomic E-state index is 1.04. The fraction of sp³-hybridized carbons (Fsp3) is 0.625. The van der Waals surface area contributed by atoms with Crippen LogP contribution in [0.1, 0.15) is 23.1 Å². The third-order valence-corrected chi connectivity index (χ3v) is 3.82. The van der Waals surface area contributed by atoms with E-state index < -0.39 is 0 Å². The van der Waals surface area contributed by atoms with Crippen molar-refractivity contribution in [2.45, 2.75) is 25.9 Å². The smallest absolute Gasteiger partial charge is 0.0233 e. The highest BCUT2D eigenvalue weighted by Crippen LogP contribution is 2.19. The lowest BCUT2D eigenvalue weighted by Gasteiger charge is -2.24. The van der Waals surface area contributed by atoms with Gasteiger partial charge < -0.3 is 15.1 Å². The number of hydrogen-bond donors (Lipinski definition) is 1. The van der Waals surface area contributed by atoms with Crippen LogP contribution in [0.5, 0.6) is 0 Å². The Labute approximate surface area is 117 Å². The molecule has 0 aliphatic carbocycles. The van der Waals surface area contributed by atoms with Crippen molar-refractivity contribution in [2.75, 3.05) is 40.8 Å². The Hall–Kier alpha value is -0.900. The van der Waals surface area contributed by atoms with E-state index in [4.69, 9.17) is 0 Å². The molecular formula is C16H27N3. The van der Waals surface area contributed by atoms with Gasteiger partial charge in [0.2, 0.25) is 0 Å². The van der Waals surface area contributed by atoms with Gasteiger partial charge in [-0.3, -0.25) is 0 Å². The highest BCUT2D eigenvalue weighted by Gasteiger charge is 2.13. The van der Waals surface area contributed by atoms with E-state index in [1.54, 1.807) is 5.56 Å². The molecule has 0 unspecified atom stereocenters. The standard InChI is InChI=1S/C16H27N3/c1-18(2)10-5-11-19(3)13-15-7-4-6-14-12-17-9-8-16(14)15/h4,6-7,17H,5,8-13H2,1-3H3. The van der Waals surface area contributed by atoms with E-state index in [2.05, 4.69) is 54.5 Å². The molecule has 0 fully saturated rings. The van der Waals surface area contributed by atoms with Gasteiger partial charge in [0.25, 0.3) is 0 Å². The summed E-state index contributed by atoms with van der Waals surface area (Å²) in [5.41, 5.74) is 4.59. The molecule has 106 valence electrons. The zero-order valence-electron chi connectivity index (χ0n) is 12.6. The lowest BCUT2D eigenvalue weighted by Crippen LogP contribution is -2.27. The molecule has 2 rings (SSSR count). The van der Waals surface area contributed by atoms with Gasteiger partial charge >= 0.3 is 0 Å². The van der Waals surface area contributed by atoms with Gasteiger partial charge in [-0.15, -0.1) is 0 Å². The Kier molecular flexibility index (Phi) is 5.37. The molecule has 0 atom stereocenters. The molecule has 1 aliphatic heterocycles. The maximum Gasteiger partial charge on any atom is 0.0233 e. The topological polar surface area (TPSA) is 18.5 Å². The first-order valence-electron chi connectivity index (χ1n) is 7.30. The highest BCUT2D eigenvalue weighted by molar-refractivity contribution is 5.36. The predicted octanol–water partition coefficient (Wildman–Crippen LogP) is 1.72. The van der Waals surface area contributed by atoms with Crippen molar-refractivity contribution in [1.29, 1.82) is 0 Å². The third-order valence-electron chi connectivity index (χ3n) is 3.82. The van der Waals surface area contributed by atoms with Crippen LogP contribution < -0.4 is 5.32 Å². The minimum Gasteiger partial charge on any atom is -0.312 e. The van der Waals surface area contributed by atoms with Crippen molar-refractivity contribution in [3.05, 3.63) is 34.9 Å². The second-order valence-corrected chi connectivity index (χ2v) is 5.88. The van der Waals surface area contributed by atoms with Gasteiger partial charge in [0.05, 0.1) is 0 Å². The predicted molar refractivity (Wildman–Crippen MR) is 81.4 cm³/mol. The molecule has 0 saturated heterocycles. The first-order valence-corrected chi connectivity index (χ1v) is 7.30. The largest absolute Gasteiger partial charge is 0.312 e. The molecule has 1 N–H and O–H groups in total. The molecule has 0 bridgehead atoms. The second-order valence-electron chi connectivity index (χ2n) is 5.88. The monoisotopic (exact) mass is 261 g/mol. The lowest BCUT2D eigenvalue weighted by atomic mass is 9.95.